The standard InChI is InChI=1S/C12H21N3/c1-4-15(5-2)11-10-14(3)12-6-8-13-9-7-12/h6-9H,4-5,10-11H2,1-3H3. The molecule has 0 unspecified atom stereocenters. The first-order chi connectivity index (χ1) is 7.27. The van der Waals surface area contributed by atoms with Crippen LogP contribution in [-0.2, 0) is 0 Å². The van der Waals surface area contributed by atoms with E-state index in [2.05, 4.69) is 35.7 Å². The molecule has 0 aliphatic heterocycles. The molecule has 84 valence electrons. The minimum atomic E-state index is 1.06. The van der Waals surface area contributed by atoms with Gasteiger partial charge in [0.2, 0.25) is 0 Å². The zero-order valence-electron chi connectivity index (χ0n) is 9.98. The van der Waals surface area contributed by atoms with Crippen molar-refractivity contribution in [1.82, 2.24) is 9.88 Å². The fourth-order valence-corrected chi connectivity index (χ4v) is 1.56. The van der Waals surface area contributed by atoms with Gasteiger partial charge in [0.25, 0.3) is 0 Å². The minimum absolute atomic E-state index is 1.06. The first kappa shape index (κ1) is 12.0. The Morgan fingerprint density at radius 3 is 2.20 bits per heavy atom. The van der Waals surface area contributed by atoms with Crippen LogP contribution in [0.15, 0.2) is 24.5 Å². The average Bonchev–Trinajstić information content (AvgIpc) is 2.31. The van der Waals surface area contributed by atoms with Gasteiger partial charge in [-0.15, -0.1) is 0 Å². The summed E-state index contributed by atoms with van der Waals surface area (Å²) in [6.45, 7) is 8.84. The highest BCUT2D eigenvalue weighted by Gasteiger charge is 2.02. The highest BCUT2D eigenvalue weighted by molar-refractivity contribution is 5.43. The van der Waals surface area contributed by atoms with Gasteiger partial charge < -0.3 is 9.80 Å². The highest BCUT2D eigenvalue weighted by atomic mass is 15.2. The molecule has 1 rings (SSSR count). The first-order valence-electron chi connectivity index (χ1n) is 5.61. The molecule has 0 aliphatic rings. The summed E-state index contributed by atoms with van der Waals surface area (Å²) in [6, 6.07) is 4.09. The smallest absolute Gasteiger partial charge is 0.0394 e. The zero-order chi connectivity index (χ0) is 11.1. The molecular formula is C12H21N3. The van der Waals surface area contributed by atoms with Crippen molar-refractivity contribution in [1.29, 1.82) is 0 Å². The summed E-state index contributed by atoms with van der Waals surface area (Å²) in [5.41, 5.74) is 1.23. The van der Waals surface area contributed by atoms with Gasteiger partial charge in [-0.1, -0.05) is 13.8 Å². The van der Waals surface area contributed by atoms with E-state index in [1.165, 1.54) is 5.69 Å². The van der Waals surface area contributed by atoms with Crippen LogP contribution in [0.1, 0.15) is 13.8 Å². The monoisotopic (exact) mass is 207 g/mol. The number of nitrogens with zero attached hydrogens (tertiary/aromatic N) is 3. The van der Waals surface area contributed by atoms with Gasteiger partial charge in [-0.2, -0.15) is 0 Å². The Morgan fingerprint density at radius 1 is 1.07 bits per heavy atom. The first-order valence-corrected chi connectivity index (χ1v) is 5.61. The fraction of sp³-hybridized carbons (Fsp3) is 0.583. The number of likely N-dealkylation sites (N-methyl/N-ethyl adjacent to an activating group) is 2. The average molecular weight is 207 g/mol. The SMILES string of the molecule is CCN(CC)CCN(C)c1ccncc1. The van der Waals surface area contributed by atoms with Gasteiger partial charge in [-0.25, -0.2) is 0 Å². The van der Waals surface area contributed by atoms with Crippen LogP contribution < -0.4 is 4.90 Å². The fourth-order valence-electron chi connectivity index (χ4n) is 1.56. The van der Waals surface area contributed by atoms with E-state index in [1.807, 2.05) is 24.5 Å². The Balaban J connectivity index is 2.39. The Bertz CT molecular complexity index is 257. The lowest BCUT2D eigenvalue weighted by Crippen LogP contribution is -2.33. The van der Waals surface area contributed by atoms with E-state index in [4.69, 9.17) is 0 Å². The number of hydrogen-bond acceptors (Lipinski definition) is 3. The van der Waals surface area contributed by atoms with Gasteiger partial charge in [0, 0.05) is 38.2 Å². The molecule has 0 N–H and O–H groups in total. The lowest BCUT2D eigenvalue weighted by molar-refractivity contribution is 0.311. The second-order valence-corrected chi connectivity index (χ2v) is 3.65. The van der Waals surface area contributed by atoms with Crippen LogP contribution in [0.4, 0.5) is 5.69 Å². The number of aromatic nitrogens is 1. The van der Waals surface area contributed by atoms with Crippen LogP contribution in [0, 0.1) is 0 Å². The molecule has 0 amide bonds. The molecular weight excluding hydrogens is 186 g/mol. The van der Waals surface area contributed by atoms with E-state index < -0.39 is 0 Å². The normalized spacial score (nSPS) is 10.7. The van der Waals surface area contributed by atoms with Gasteiger partial charge in [0.15, 0.2) is 0 Å². The predicted molar refractivity (Wildman–Crippen MR) is 65.3 cm³/mol. The van der Waals surface area contributed by atoms with Gasteiger partial charge in [0.1, 0.15) is 0 Å². The number of rotatable bonds is 6. The number of anilines is 1. The summed E-state index contributed by atoms with van der Waals surface area (Å²) in [4.78, 5) is 8.71. The third-order valence-electron chi connectivity index (χ3n) is 2.75. The van der Waals surface area contributed by atoms with E-state index in [0.29, 0.717) is 0 Å². The molecule has 3 heteroatoms. The van der Waals surface area contributed by atoms with Crippen LogP contribution in [-0.4, -0.2) is 43.1 Å². The molecule has 0 spiro atoms. The minimum Gasteiger partial charge on any atom is -0.373 e. The Hall–Kier alpha value is -1.09. The molecule has 0 radical (unpaired) electrons. The number of hydrogen-bond donors (Lipinski definition) is 0. The van der Waals surface area contributed by atoms with Crippen molar-refractivity contribution in [3.05, 3.63) is 24.5 Å². The Kier molecular flexibility index (Phi) is 5.12. The molecule has 1 heterocycles. The lowest BCUT2D eigenvalue weighted by atomic mass is 10.3. The van der Waals surface area contributed by atoms with Crippen molar-refractivity contribution in [3.63, 3.8) is 0 Å². The highest BCUT2D eigenvalue weighted by Crippen LogP contribution is 2.08. The maximum absolute atomic E-state index is 4.02. The summed E-state index contributed by atoms with van der Waals surface area (Å²) in [5, 5.41) is 0. The van der Waals surface area contributed by atoms with Crippen LogP contribution in [0.25, 0.3) is 0 Å². The van der Waals surface area contributed by atoms with Crippen molar-refractivity contribution < 1.29 is 0 Å². The van der Waals surface area contributed by atoms with Gasteiger partial charge in [-0.3, -0.25) is 4.98 Å². The molecule has 15 heavy (non-hydrogen) atoms. The van der Waals surface area contributed by atoms with Crippen molar-refractivity contribution in [2.24, 2.45) is 0 Å². The Labute approximate surface area is 92.7 Å². The molecule has 0 aliphatic carbocycles. The van der Waals surface area contributed by atoms with E-state index in [9.17, 15) is 0 Å². The number of pyridine rings is 1. The third kappa shape index (κ3) is 3.88. The van der Waals surface area contributed by atoms with E-state index in [1.54, 1.807) is 0 Å². The summed E-state index contributed by atoms with van der Waals surface area (Å²) in [6.07, 6.45) is 3.67. The second-order valence-electron chi connectivity index (χ2n) is 3.65. The second kappa shape index (κ2) is 6.40. The topological polar surface area (TPSA) is 19.4 Å². The molecule has 0 bridgehead atoms. The van der Waals surface area contributed by atoms with Crippen molar-refractivity contribution >= 4 is 5.69 Å². The molecule has 0 atom stereocenters. The maximum Gasteiger partial charge on any atom is 0.0394 e. The largest absolute Gasteiger partial charge is 0.373 e. The molecule has 0 aromatic carbocycles. The summed E-state index contributed by atoms with van der Waals surface area (Å²) in [7, 11) is 2.12. The molecule has 1 aromatic rings. The van der Waals surface area contributed by atoms with Crippen LogP contribution in [0.3, 0.4) is 0 Å². The van der Waals surface area contributed by atoms with Crippen molar-refractivity contribution in [2.45, 2.75) is 13.8 Å². The van der Waals surface area contributed by atoms with E-state index in [0.717, 1.165) is 26.2 Å². The zero-order valence-corrected chi connectivity index (χ0v) is 9.98. The maximum atomic E-state index is 4.02. The van der Waals surface area contributed by atoms with Crippen LogP contribution >= 0.6 is 0 Å². The molecule has 0 saturated heterocycles. The quantitative estimate of drug-likeness (QED) is 0.710. The van der Waals surface area contributed by atoms with Crippen LogP contribution in [0.2, 0.25) is 0 Å². The predicted octanol–water partition coefficient (Wildman–Crippen LogP) is 1.86. The van der Waals surface area contributed by atoms with Crippen molar-refractivity contribution in [3.8, 4) is 0 Å². The molecule has 0 fully saturated rings. The summed E-state index contributed by atoms with van der Waals surface area (Å²) >= 11 is 0. The van der Waals surface area contributed by atoms with Crippen LogP contribution in [0.5, 0.6) is 0 Å². The van der Waals surface area contributed by atoms with E-state index in [-0.39, 0.29) is 0 Å². The summed E-state index contributed by atoms with van der Waals surface area (Å²) in [5.74, 6) is 0. The molecule has 1 aromatic heterocycles. The summed E-state index contributed by atoms with van der Waals surface area (Å²) < 4.78 is 0. The molecule has 3 nitrogen and oxygen atoms in total. The molecule has 0 saturated carbocycles. The van der Waals surface area contributed by atoms with Crippen molar-refractivity contribution in [2.75, 3.05) is 38.1 Å². The van der Waals surface area contributed by atoms with Gasteiger partial charge in [0.05, 0.1) is 0 Å². The lowest BCUT2D eigenvalue weighted by Gasteiger charge is -2.24. The van der Waals surface area contributed by atoms with Gasteiger partial charge >= 0.3 is 0 Å². The Morgan fingerprint density at radius 2 is 1.67 bits per heavy atom. The third-order valence-corrected chi connectivity index (χ3v) is 2.75. The van der Waals surface area contributed by atoms with E-state index >= 15 is 0 Å². The van der Waals surface area contributed by atoms with Gasteiger partial charge in [-0.05, 0) is 25.2 Å².